The summed E-state index contributed by atoms with van der Waals surface area (Å²) in [6, 6.07) is 22.0. The lowest BCUT2D eigenvalue weighted by Gasteiger charge is -2.33. The van der Waals surface area contributed by atoms with Gasteiger partial charge in [0.15, 0.2) is 0 Å². The molecule has 0 saturated heterocycles. The predicted molar refractivity (Wildman–Crippen MR) is 153 cm³/mol. The minimum absolute atomic E-state index is 0.00945. The molecule has 1 atom stereocenters. The van der Waals surface area contributed by atoms with Gasteiger partial charge in [0.05, 0.1) is 13.5 Å². The fourth-order valence-electron chi connectivity index (χ4n) is 5.02. The number of ether oxygens (including phenoxy) is 1. The number of nitrogens with zero attached hydrogens (tertiary/aromatic N) is 1. The lowest BCUT2D eigenvalue weighted by Crippen LogP contribution is -2.53. The van der Waals surface area contributed by atoms with Gasteiger partial charge in [-0.2, -0.15) is 0 Å². The molecule has 3 aromatic rings. The highest BCUT2D eigenvalue weighted by Crippen LogP contribution is 2.27. The van der Waals surface area contributed by atoms with Crippen molar-refractivity contribution in [3.63, 3.8) is 0 Å². The first-order valence-corrected chi connectivity index (χ1v) is 13.9. The van der Waals surface area contributed by atoms with Crippen LogP contribution in [0.4, 0.5) is 0 Å². The highest BCUT2D eigenvalue weighted by molar-refractivity contribution is 6.36. The Balaban J connectivity index is 1.69. The molecule has 1 aliphatic carbocycles. The molecule has 0 heterocycles. The molecule has 0 radical (unpaired) electrons. The van der Waals surface area contributed by atoms with Crippen LogP contribution in [0.5, 0.6) is 5.75 Å². The van der Waals surface area contributed by atoms with Gasteiger partial charge in [0.25, 0.3) is 0 Å². The van der Waals surface area contributed by atoms with Gasteiger partial charge >= 0.3 is 0 Å². The Kier molecular flexibility index (Phi) is 10.1. The second-order valence-corrected chi connectivity index (χ2v) is 10.6. The van der Waals surface area contributed by atoms with Crippen LogP contribution in [0.15, 0.2) is 72.8 Å². The third-order valence-electron chi connectivity index (χ3n) is 7.10. The summed E-state index contributed by atoms with van der Waals surface area (Å²) in [6.07, 6.45) is 5.71. The van der Waals surface area contributed by atoms with Crippen molar-refractivity contribution in [2.45, 2.75) is 63.6 Å². The molecule has 1 saturated carbocycles. The summed E-state index contributed by atoms with van der Waals surface area (Å²) in [5.74, 6) is 0.333. The summed E-state index contributed by atoms with van der Waals surface area (Å²) in [6.45, 7) is 0.244. The molecule has 3 aromatic carbocycles. The van der Waals surface area contributed by atoms with Crippen molar-refractivity contribution in [1.82, 2.24) is 10.2 Å². The minimum Gasteiger partial charge on any atom is -0.497 e. The molecule has 2 amide bonds. The number of methoxy groups -OCH3 is 1. The van der Waals surface area contributed by atoms with Crippen LogP contribution in [0.3, 0.4) is 0 Å². The van der Waals surface area contributed by atoms with E-state index in [1.165, 1.54) is 6.42 Å². The van der Waals surface area contributed by atoms with E-state index in [-0.39, 0.29) is 30.8 Å². The van der Waals surface area contributed by atoms with E-state index in [2.05, 4.69) is 5.32 Å². The Labute approximate surface area is 235 Å². The molecule has 200 valence electrons. The standard InChI is InChI=1S/C31H34Cl2N2O3/c1-38-25-15-8-12-23(18-25)21-35(30(36)20-26-27(32)16-9-17-28(26)33)29(19-22-10-4-2-5-11-22)31(37)34-24-13-6-3-7-14-24/h2,4-5,8-12,15-18,24,29H,3,6-7,13-14,19-21H2,1H3,(H,34,37). The zero-order valence-corrected chi connectivity index (χ0v) is 23.2. The molecule has 0 spiro atoms. The van der Waals surface area contributed by atoms with E-state index in [1.807, 2.05) is 54.6 Å². The second kappa shape index (κ2) is 13.7. The topological polar surface area (TPSA) is 58.6 Å². The minimum atomic E-state index is -0.709. The number of hydrogen-bond acceptors (Lipinski definition) is 3. The lowest BCUT2D eigenvalue weighted by atomic mass is 9.94. The molecule has 5 nitrogen and oxygen atoms in total. The molecular formula is C31H34Cl2N2O3. The maximum Gasteiger partial charge on any atom is 0.243 e. The van der Waals surface area contributed by atoms with Crippen LogP contribution in [0.25, 0.3) is 0 Å². The number of amides is 2. The van der Waals surface area contributed by atoms with Gasteiger partial charge in [-0.05, 0) is 53.8 Å². The van der Waals surface area contributed by atoms with Crippen LogP contribution >= 0.6 is 23.2 Å². The molecule has 38 heavy (non-hydrogen) atoms. The Morgan fingerprint density at radius 1 is 0.921 bits per heavy atom. The summed E-state index contributed by atoms with van der Waals surface area (Å²) >= 11 is 12.9. The summed E-state index contributed by atoms with van der Waals surface area (Å²) in [4.78, 5) is 29.5. The molecule has 0 aromatic heterocycles. The molecule has 1 N–H and O–H groups in total. The number of carbonyl (C=O) groups is 2. The average molecular weight is 554 g/mol. The Morgan fingerprint density at radius 3 is 2.26 bits per heavy atom. The van der Waals surface area contributed by atoms with Crippen molar-refractivity contribution in [2.75, 3.05) is 7.11 Å². The van der Waals surface area contributed by atoms with E-state index in [9.17, 15) is 9.59 Å². The van der Waals surface area contributed by atoms with E-state index in [1.54, 1.807) is 30.2 Å². The van der Waals surface area contributed by atoms with Crippen LogP contribution in [0.2, 0.25) is 10.0 Å². The zero-order valence-electron chi connectivity index (χ0n) is 21.7. The maximum atomic E-state index is 14.0. The number of carbonyl (C=O) groups excluding carboxylic acids is 2. The Hall–Kier alpha value is -3.02. The summed E-state index contributed by atoms with van der Waals surface area (Å²) in [5, 5.41) is 4.12. The van der Waals surface area contributed by atoms with Crippen LogP contribution in [0, 0.1) is 0 Å². The molecule has 4 rings (SSSR count). The number of nitrogens with one attached hydrogen (secondary N) is 1. The first-order valence-electron chi connectivity index (χ1n) is 13.1. The second-order valence-electron chi connectivity index (χ2n) is 9.80. The van der Waals surface area contributed by atoms with Crippen LogP contribution in [-0.2, 0) is 29.0 Å². The fraction of sp³-hybridized carbons (Fsp3) is 0.355. The van der Waals surface area contributed by atoms with Crippen LogP contribution in [-0.4, -0.2) is 35.9 Å². The summed E-state index contributed by atoms with van der Waals surface area (Å²) in [5.41, 5.74) is 2.41. The fourth-order valence-corrected chi connectivity index (χ4v) is 5.55. The molecule has 1 fully saturated rings. The van der Waals surface area contributed by atoms with E-state index in [4.69, 9.17) is 27.9 Å². The molecule has 7 heteroatoms. The largest absolute Gasteiger partial charge is 0.497 e. The summed E-state index contributed by atoms with van der Waals surface area (Å²) in [7, 11) is 1.61. The van der Waals surface area contributed by atoms with E-state index in [0.717, 1.165) is 36.8 Å². The molecule has 0 bridgehead atoms. The normalized spacial score (nSPS) is 14.5. The Bertz CT molecular complexity index is 1210. The van der Waals surface area contributed by atoms with Gasteiger partial charge in [-0.3, -0.25) is 9.59 Å². The van der Waals surface area contributed by atoms with Gasteiger partial charge in [0, 0.05) is 29.1 Å². The molecule has 0 aliphatic heterocycles. The van der Waals surface area contributed by atoms with Crippen molar-refractivity contribution >= 4 is 35.0 Å². The predicted octanol–water partition coefficient (Wildman–Crippen LogP) is 6.63. The molecular weight excluding hydrogens is 519 g/mol. The number of benzene rings is 3. The van der Waals surface area contributed by atoms with Crippen molar-refractivity contribution in [3.8, 4) is 5.75 Å². The van der Waals surface area contributed by atoms with Crippen molar-refractivity contribution in [3.05, 3.63) is 99.5 Å². The van der Waals surface area contributed by atoms with E-state index >= 15 is 0 Å². The molecule has 1 aliphatic rings. The SMILES string of the molecule is COc1cccc(CN(C(=O)Cc2c(Cl)cccc2Cl)C(Cc2ccccc2)C(=O)NC2CCCCC2)c1. The third kappa shape index (κ3) is 7.52. The van der Waals surface area contributed by atoms with Gasteiger partial charge in [-0.25, -0.2) is 0 Å². The zero-order chi connectivity index (χ0) is 26.9. The lowest BCUT2D eigenvalue weighted by molar-refractivity contribution is -0.141. The van der Waals surface area contributed by atoms with Gasteiger partial charge in [-0.1, -0.05) is 91.0 Å². The third-order valence-corrected chi connectivity index (χ3v) is 7.81. The van der Waals surface area contributed by atoms with E-state index < -0.39 is 6.04 Å². The van der Waals surface area contributed by atoms with Gasteiger partial charge in [-0.15, -0.1) is 0 Å². The Morgan fingerprint density at radius 2 is 1.58 bits per heavy atom. The highest BCUT2D eigenvalue weighted by Gasteiger charge is 2.32. The van der Waals surface area contributed by atoms with Crippen molar-refractivity contribution in [1.29, 1.82) is 0 Å². The van der Waals surface area contributed by atoms with E-state index in [0.29, 0.717) is 27.8 Å². The molecule has 1 unspecified atom stereocenters. The van der Waals surface area contributed by atoms with Crippen LogP contribution < -0.4 is 10.1 Å². The number of hydrogen-bond donors (Lipinski definition) is 1. The number of halogens is 2. The average Bonchev–Trinajstić information content (AvgIpc) is 2.94. The smallest absolute Gasteiger partial charge is 0.243 e. The van der Waals surface area contributed by atoms with Gasteiger partial charge < -0.3 is 15.0 Å². The van der Waals surface area contributed by atoms with Crippen LogP contribution in [0.1, 0.15) is 48.8 Å². The highest BCUT2D eigenvalue weighted by atomic mass is 35.5. The maximum absolute atomic E-state index is 14.0. The monoisotopic (exact) mass is 552 g/mol. The summed E-state index contributed by atoms with van der Waals surface area (Å²) < 4.78 is 5.41. The number of rotatable bonds is 10. The van der Waals surface area contributed by atoms with Crippen molar-refractivity contribution in [2.24, 2.45) is 0 Å². The van der Waals surface area contributed by atoms with Gasteiger partial charge in [0.2, 0.25) is 11.8 Å². The van der Waals surface area contributed by atoms with Gasteiger partial charge in [0.1, 0.15) is 11.8 Å². The quantitative estimate of drug-likeness (QED) is 0.307. The first-order chi connectivity index (χ1) is 18.4. The van der Waals surface area contributed by atoms with Crippen molar-refractivity contribution < 1.29 is 14.3 Å². The first kappa shape index (κ1) is 28.0.